The zero-order chi connectivity index (χ0) is 13.7. The Morgan fingerprint density at radius 3 is 2.67 bits per heavy atom. The number of methoxy groups -OCH3 is 1. The summed E-state index contributed by atoms with van der Waals surface area (Å²) in [5.41, 5.74) is 0. The number of carboxylic acids is 1. The number of likely N-dealkylation sites (tertiary alicyclic amines) is 1. The van der Waals surface area contributed by atoms with E-state index in [0.29, 0.717) is 26.0 Å². The Labute approximate surface area is 108 Å². The van der Waals surface area contributed by atoms with Gasteiger partial charge in [0.25, 0.3) is 0 Å². The molecule has 0 aromatic carbocycles. The maximum Gasteiger partial charge on any atom is 0.308 e. The second kappa shape index (κ2) is 6.73. The van der Waals surface area contributed by atoms with E-state index in [-0.39, 0.29) is 17.9 Å². The summed E-state index contributed by atoms with van der Waals surface area (Å²) < 4.78 is 5.01. The normalized spacial score (nSPS) is 25.8. The van der Waals surface area contributed by atoms with Gasteiger partial charge in [-0.1, -0.05) is 6.92 Å². The van der Waals surface area contributed by atoms with Crippen LogP contribution in [0.1, 0.15) is 33.1 Å². The summed E-state index contributed by atoms with van der Waals surface area (Å²) in [4.78, 5) is 24.9. The van der Waals surface area contributed by atoms with Crippen LogP contribution < -0.4 is 0 Å². The molecular weight excluding hydrogens is 234 g/mol. The minimum Gasteiger partial charge on any atom is -0.481 e. The average Bonchev–Trinajstić information content (AvgIpc) is 2.29. The monoisotopic (exact) mass is 257 g/mol. The number of hydrogen-bond donors (Lipinski definition) is 1. The van der Waals surface area contributed by atoms with E-state index in [2.05, 4.69) is 0 Å². The standard InChI is InChI=1S/C13H23NO4/c1-9(8-18-3)6-12(15)14-7-11(13(16)17)5-4-10(14)2/h9-11H,4-8H2,1-3H3,(H,16,17). The molecule has 0 aromatic heterocycles. The number of carboxylic acid groups (broad SMARTS) is 1. The maximum atomic E-state index is 12.1. The fourth-order valence-electron chi connectivity index (χ4n) is 2.41. The number of carbonyl (C=O) groups is 2. The van der Waals surface area contributed by atoms with Crippen LogP contribution in [0, 0.1) is 11.8 Å². The Hall–Kier alpha value is -1.10. The summed E-state index contributed by atoms with van der Waals surface area (Å²) in [6.45, 7) is 4.84. The average molecular weight is 257 g/mol. The second-order valence-corrected chi connectivity index (χ2v) is 5.27. The van der Waals surface area contributed by atoms with Gasteiger partial charge in [-0.05, 0) is 25.7 Å². The summed E-state index contributed by atoms with van der Waals surface area (Å²) in [6.07, 6.45) is 1.85. The first kappa shape index (κ1) is 15.0. The molecule has 1 rings (SSSR count). The van der Waals surface area contributed by atoms with Gasteiger partial charge in [-0.2, -0.15) is 0 Å². The third kappa shape index (κ3) is 3.98. The van der Waals surface area contributed by atoms with Crippen LogP contribution in [0.15, 0.2) is 0 Å². The van der Waals surface area contributed by atoms with Gasteiger partial charge >= 0.3 is 5.97 Å². The van der Waals surface area contributed by atoms with Gasteiger partial charge in [-0.3, -0.25) is 9.59 Å². The maximum absolute atomic E-state index is 12.1. The largest absolute Gasteiger partial charge is 0.481 e. The highest BCUT2D eigenvalue weighted by molar-refractivity contribution is 5.78. The Kier molecular flexibility index (Phi) is 5.59. The lowest BCUT2D eigenvalue weighted by Gasteiger charge is -2.37. The quantitative estimate of drug-likeness (QED) is 0.807. The van der Waals surface area contributed by atoms with Crippen LogP contribution in [0.25, 0.3) is 0 Å². The van der Waals surface area contributed by atoms with Crippen LogP contribution in [-0.4, -0.2) is 48.2 Å². The number of hydrogen-bond acceptors (Lipinski definition) is 3. The van der Waals surface area contributed by atoms with E-state index >= 15 is 0 Å². The third-order valence-electron chi connectivity index (χ3n) is 3.53. The zero-order valence-electron chi connectivity index (χ0n) is 11.4. The fourth-order valence-corrected chi connectivity index (χ4v) is 2.41. The van der Waals surface area contributed by atoms with E-state index in [9.17, 15) is 9.59 Å². The number of carbonyl (C=O) groups excluding carboxylic acids is 1. The molecule has 1 aliphatic heterocycles. The summed E-state index contributed by atoms with van der Waals surface area (Å²) in [6, 6.07) is 0.142. The summed E-state index contributed by atoms with van der Waals surface area (Å²) in [7, 11) is 1.62. The molecule has 18 heavy (non-hydrogen) atoms. The van der Waals surface area contributed by atoms with Crippen LogP contribution in [0.4, 0.5) is 0 Å². The van der Waals surface area contributed by atoms with Gasteiger partial charge < -0.3 is 14.7 Å². The number of ether oxygens (including phenoxy) is 1. The lowest BCUT2D eigenvalue weighted by atomic mass is 9.92. The number of rotatable bonds is 5. The van der Waals surface area contributed by atoms with Crippen LogP contribution in [-0.2, 0) is 14.3 Å². The van der Waals surface area contributed by atoms with Gasteiger partial charge in [0, 0.05) is 32.7 Å². The molecule has 1 heterocycles. The highest BCUT2D eigenvalue weighted by Gasteiger charge is 2.32. The Morgan fingerprint density at radius 1 is 1.44 bits per heavy atom. The molecule has 1 saturated heterocycles. The number of aliphatic carboxylic acids is 1. The molecule has 3 unspecified atom stereocenters. The van der Waals surface area contributed by atoms with E-state index in [1.165, 1.54) is 0 Å². The van der Waals surface area contributed by atoms with Crippen molar-refractivity contribution in [2.75, 3.05) is 20.3 Å². The molecular formula is C13H23NO4. The molecule has 0 spiro atoms. The van der Waals surface area contributed by atoms with Crippen molar-refractivity contribution in [3.05, 3.63) is 0 Å². The molecule has 104 valence electrons. The molecule has 0 bridgehead atoms. The van der Waals surface area contributed by atoms with Crippen LogP contribution >= 0.6 is 0 Å². The predicted octanol–water partition coefficient (Wildman–Crippen LogP) is 1.37. The summed E-state index contributed by atoms with van der Waals surface area (Å²) in [5, 5.41) is 9.03. The summed E-state index contributed by atoms with van der Waals surface area (Å²) >= 11 is 0. The molecule has 5 nitrogen and oxygen atoms in total. The molecule has 0 radical (unpaired) electrons. The molecule has 0 aromatic rings. The minimum atomic E-state index is -0.801. The molecule has 1 amide bonds. The Balaban J connectivity index is 2.56. The van der Waals surface area contributed by atoms with Crippen molar-refractivity contribution in [2.45, 2.75) is 39.2 Å². The predicted molar refractivity (Wildman–Crippen MR) is 67.2 cm³/mol. The van der Waals surface area contributed by atoms with Gasteiger partial charge in [-0.25, -0.2) is 0 Å². The van der Waals surface area contributed by atoms with E-state index in [4.69, 9.17) is 9.84 Å². The number of nitrogens with zero attached hydrogens (tertiary/aromatic N) is 1. The van der Waals surface area contributed by atoms with Crippen molar-refractivity contribution in [3.8, 4) is 0 Å². The van der Waals surface area contributed by atoms with E-state index in [1.54, 1.807) is 12.0 Å². The number of piperidine rings is 1. The summed E-state index contributed by atoms with van der Waals surface area (Å²) in [5.74, 6) is -1.01. The van der Waals surface area contributed by atoms with Crippen LogP contribution in [0.5, 0.6) is 0 Å². The highest BCUT2D eigenvalue weighted by atomic mass is 16.5. The Bertz CT molecular complexity index is 305. The van der Waals surface area contributed by atoms with Crippen LogP contribution in [0.3, 0.4) is 0 Å². The van der Waals surface area contributed by atoms with Gasteiger partial charge in [0.05, 0.1) is 5.92 Å². The van der Waals surface area contributed by atoms with Gasteiger partial charge in [0.15, 0.2) is 0 Å². The van der Waals surface area contributed by atoms with Crippen molar-refractivity contribution in [2.24, 2.45) is 11.8 Å². The zero-order valence-corrected chi connectivity index (χ0v) is 11.4. The molecule has 3 atom stereocenters. The van der Waals surface area contributed by atoms with Crippen molar-refractivity contribution in [3.63, 3.8) is 0 Å². The van der Waals surface area contributed by atoms with Crippen molar-refractivity contribution >= 4 is 11.9 Å². The fraction of sp³-hybridized carbons (Fsp3) is 0.846. The van der Waals surface area contributed by atoms with Gasteiger partial charge in [-0.15, -0.1) is 0 Å². The second-order valence-electron chi connectivity index (χ2n) is 5.27. The SMILES string of the molecule is COCC(C)CC(=O)N1CC(C(=O)O)CCC1C. The minimum absolute atomic E-state index is 0.0398. The van der Waals surface area contributed by atoms with Crippen molar-refractivity contribution < 1.29 is 19.4 Å². The molecule has 0 saturated carbocycles. The molecule has 1 aliphatic rings. The molecule has 5 heteroatoms. The van der Waals surface area contributed by atoms with Crippen molar-refractivity contribution in [1.82, 2.24) is 4.90 Å². The Morgan fingerprint density at radius 2 is 2.11 bits per heavy atom. The number of amides is 1. The van der Waals surface area contributed by atoms with E-state index in [0.717, 1.165) is 6.42 Å². The topological polar surface area (TPSA) is 66.8 Å². The lowest BCUT2D eigenvalue weighted by Crippen LogP contribution is -2.47. The molecule has 1 fully saturated rings. The first-order chi connectivity index (χ1) is 8.45. The van der Waals surface area contributed by atoms with Gasteiger partial charge in [0.1, 0.15) is 0 Å². The van der Waals surface area contributed by atoms with Crippen molar-refractivity contribution in [1.29, 1.82) is 0 Å². The molecule has 1 N–H and O–H groups in total. The molecule has 0 aliphatic carbocycles. The third-order valence-corrected chi connectivity index (χ3v) is 3.53. The van der Waals surface area contributed by atoms with Gasteiger partial charge in [0.2, 0.25) is 5.91 Å². The smallest absolute Gasteiger partial charge is 0.308 e. The first-order valence-corrected chi connectivity index (χ1v) is 6.46. The van der Waals surface area contributed by atoms with E-state index in [1.807, 2.05) is 13.8 Å². The van der Waals surface area contributed by atoms with Crippen LogP contribution in [0.2, 0.25) is 0 Å². The van der Waals surface area contributed by atoms with E-state index < -0.39 is 11.9 Å². The lowest BCUT2D eigenvalue weighted by molar-refractivity contribution is -0.147. The highest BCUT2D eigenvalue weighted by Crippen LogP contribution is 2.23. The first-order valence-electron chi connectivity index (χ1n) is 6.46.